The van der Waals surface area contributed by atoms with Gasteiger partial charge in [-0.1, -0.05) is 37.3 Å². The van der Waals surface area contributed by atoms with E-state index >= 15 is 0 Å². The van der Waals surface area contributed by atoms with Gasteiger partial charge in [0.1, 0.15) is 6.61 Å². The lowest BCUT2D eigenvalue weighted by molar-refractivity contribution is 0.140. The van der Waals surface area contributed by atoms with E-state index < -0.39 is 6.09 Å². The number of nitrogens with one attached hydrogen (secondary N) is 1. The van der Waals surface area contributed by atoms with Gasteiger partial charge < -0.3 is 10.1 Å². The predicted molar refractivity (Wildman–Crippen MR) is 63.1 cm³/mol. The fourth-order valence-electron chi connectivity index (χ4n) is 1.01. The Morgan fingerprint density at radius 2 is 2.13 bits per heavy atom. The van der Waals surface area contributed by atoms with Crippen molar-refractivity contribution in [1.82, 2.24) is 5.32 Å². The highest BCUT2D eigenvalue weighted by atomic mass is 32.1. The molecule has 1 aromatic rings. The normalized spacial score (nSPS) is 11.9. The smallest absolute Gasteiger partial charge is 0.407 e. The number of alkyl carbamates (subject to hydrolysis) is 1. The van der Waals surface area contributed by atoms with Crippen LogP contribution in [-0.4, -0.2) is 17.9 Å². The largest absolute Gasteiger partial charge is 0.445 e. The highest BCUT2D eigenvalue weighted by Gasteiger charge is 2.02. The van der Waals surface area contributed by atoms with Gasteiger partial charge in [-0.3, -0.25) is 0 Å². The lowest BCUT2D eigenvalue weighted by Gasteiger charge is -2.08. The monoisotopic (exact) mass is 225 g/mol. The van der Waals surface area contributed by atoms with Crippen LogP contribution < -0.4 is 5.32 Å². The molecule has 1 amide bonds. The second-order valence-electron chi connectivity index (χ2n) is 3.29. The summed E-state index contributed by atoms with van der Waals surface area (Å²) in [7, 11) is 0. The summed E-state index contributed by atoms with van der Waals surface area (Å²) in [6.07, 6.45) is -0.403. The van der Waals surface area contributed by atoms with Crippen LogP contribution in [0.4, 0.5) is 4.79 Å². The third-order valence-corrected chi connectivity index (χ3v) is 1.94. The van der Waals surface area contributed by atoms with Crippen LogP contribution in [0, 0.1) is 0 Å². The number of thiol groups is 1. The van der Waals surface area contributed by atoms with Crippen LogP contribution in [0.5, 0.6) is 0 Å². The Labute approximate surface area is 95.2 Å². The van der Waals surface area contributed by atoms with E-state index in [0.717, 1.165) is 5.56 Å². The van der Waals surface area contributed by atoms with Crippen molar-refractivity contribution in [2.24, 2.45) is 0 Å². The maximum absolute atomic E-state index is 11.2. The zero-order valence-electron chi connectivity index (χ0n) is 8.64. The van der Waals surface area contributed by atoms with E-state index in [9.17, 15) is 4.79 Å². The summed E-state index contributed by atoms with van der Waals surface area (Å²) >= 11 is 4.14. The summed E-state index contributed by atoms with van der Waals surface area (Å²) in [5, 5.41) is 2.75. The second kappa shape index (κ2) is 6.35. The highest BCUT2D eigenvalue weighted by molar-refractivity contribution is 7.80. The van der Waals surface area contributed by atoms with Crippen LogP contribution in [0.15, 0.2) is 30.3 Å². The number of hydrogen-bond donors (Lipinski definition) is 2. The van der Waals surface area contributed by atoms with Crippen LogP contribution >= 0.6 is 12.6 Å². The van der Waals surface area contributed by atoms with E-state index in [0.29, 0.717) is 13.2 Å². The molecule has 4 heteroatoms. The molecular weight excluding hydrogens is 210 g/mol. The molecule has 1 rings (SSSR count). The van der Waals surface area contributed by atoms with Crippen LogP contribution in [0.1, 0.15) is 12.5 Å². The lowest BCUT2D eigenvalue weighted by atomic mass is 10.2. The number of hydrogen-bond acceptors (Lipinski definition) is 3. The topological polar surface area (TPSA) is 38.3 Å². The van der Waals surface area contributed by atoms with Crippen molar-refractivity contribution >= 4 is 18.7 Å². The molecular formula is C11H15NO2S. The fraction of sp³-hybridized carbons (Fsp3) is 0.364. The third-order valence-electron chi connectivity index (χ3n) is 1.75. The molecule has 82 valence electrons. The summed E-state index contributed by atoms with van der Waals surface area (Å²) in [6.45, 7) is 2.71. The Hall–Kier alpha value is -1.16. The fourth-order valence-corrected chi connectivity index (χ4v) is 1.10. The van der Waals surface area contributed by atoms with Crippen molar-refractivity contribution < 1.29 is 9.53 Å². The van der Waals surface area contributed by atoms with Crippen LogP contribution in [-0.2, 0) is 11.3 Å². The van der Waals surface area contributed by atoms with Gasteiger partial charge in [0.25, 0.3) is 0 Å². The Balaban J connectivity index is 2.23. The Morgan fingerprint density at radius 3 is 2.73 bits per heavy atom. The van der Waals surface area contributed by atoms with Gasteiger partial charge in [-0.25, -0.2) is 4.79 Å². The van der Waals surface area contributed by atoms with Crippen molar-refractivity contribution in [3.8, 4) is 0 Å². The first kappa shape index (κ1) is 11.9. The number of rotatable bonds is 4. The minimum absolute atomic E-state index is 0.134. The number of carbonyl (C=O) groups is 1. The molecule has 0 heterocycles. The molecule has 1 aromatic carbocycles. The number of carbonyl (C=O) groups excluding carboxylic acids is 1. The molecule has 15 heavy (non-hydrogen) atoms. The van der Waals surface area contributed by atoms with E-state index in [-0.39, 0.29) is 5.25 Å². The molecule has 0 aromatic heterocycles. The summed E-state index contributed by atoms with van der Waals surface area (Å²) in [5.41, 5.74) is 0.978. The average molecular weight is 225 g/mol. The first-order chi connectivity index (χ1) is 7.18. The summed E-state index contributed by atoms with van der Waals surface area (Å²) < 4.78 is 4.99. The average Bonchev–Trinajstić information content (AvgIpc) is 2.25. The molecule has 0 bridgehead atoms. The van der Waals surface area contributed by atoms with Gasteiger partial charge in [-0.05, 0) is 5.56 Å². The molecule has 3 nitrogen and oxygen atoms in total. The zero-order valence-corrected chi connectivity index (χ0v) is 9.54. The summed E-state index contributed by atoms with van der Waals surface area (Å²) in [4.78, 5) is 11.2. The number of ether oxygens (including phenoxy) is 1. The maximum Gasteiger partial charge on any atom is 0.407 e. The molecule has 0 fully saturated rings. The quantitative estimate of drug-likeness (QED) is 0.771. The van der Waals surface area contributed by atoms with Gasteiger partial charge in [-0.15, -0.1) is 0 Å². The van der Waals surface area contributed by atoms with E-state index in [4.69, 9.17) is 4.74 Å². The van der Waals surface area contributed by atoms with Gasteiger partial charge >= 0.3 is 6.09 Å². The van der Waals surface area contributed by atoms with Gasteiger partial charge in [0.15, 0.2) is 0 Å². The third kappa shape index (κ3) is 5.32. The molecule has 0 saturated carbocycles. The van der Waals surface area contributed by atoms with Crippen LogP contribution in [0.2, 0.25) is 0 Å². The van der Waals surface area contributed by atoms with E-state index in [1.807, 2.05) is 37.3 Å². The molecule has 0 saturated heterocycles. The van der Waals surface area contributed by atoms with Gasteiger partial charge in [-0.2, -0.15) is 12.6 Å². The minimum atomic E-state index is -0.403. The molecule has 0 spiro atoms. The van der Waals surface area contributed by atoms with Crippen molar-refractivity contribution in [1.29, 1.82) is 0 Å². The molecule has 1 N–H and O–H groups in total. The van der Waals surface area contributed by atoms with Crippen molar-refractivity contribution in [3.05, 3.63) is 35.9 Å². The Kier molecular flexibility index (Phi) is 5.04. The summed E-state index contributed by atoms with van der Waals surface area (Å²) in [6, 6.07) is 9.56. The second-order valence-corrected chi connectivity index (χ2v) is 4.17. The first-order valence-corrected chi connectivity index (χ1v) is 5.32. The van der Waals surface area contributed by atoms with Crippen molar-refractivity contribution in [3.63, 3.8) is 0 Å². The summed E-state index contributed by atoms with van der Waals surface area (Å²) in [5.74, 6) is 0. The molecule has 0 aliphatic heterocycles. The maximum atomic E-state index is 11.2. The van der Waals surface area contributed by atoms with E-state index in [1.54, 1.807) is 0 Å². The van der Waals surface area contributed by atoms with E-state index in [1.165, 1.54) is 0 Å². The zero-order chi connectivity index (χ0) is 11.1. The van der Waals surface area contributed by atoms with Gasteiger partial charge in [0, 0.05) is 11.8 Å². The van der Waals surface area contributed by atoms with Crippen LogP contribution in [0.3, 0.4) is 0 Å². The standard InChI is InChI=1S/C11H15NO2S/c1-9(15)7-12-11(13)14-8-10-5-3-2-4-6-10/h2-6,9,15H,7-8H2,1H3,(H,12,13)/t9-/m1/s1. The molecule has 0 unspecified atom stereocenters. The SMILES string of the molecule is C[C@@H](S)CNC(=O)OCc1ccccc1. The molecule has 0 aliphatic rings. The van der Waals surface area contributed by atoms with Gasteiger partial charge in [0.05, 0.1) is 0 Å². The Bertz CT molecular complexity index is 301. The predicted octanol–water partition coefficient (Wildman–Crippen LogP) is 2.23. The van der Waals surface area contributed by atoms with Crippen LogP contribution in [0.25, 0.3) is 0 Å². The van der Waals surface area contributed by atoms with E-state index in [2.05, 4.69) is 17.9 Å². The van der Waals surface area contributed by atoms with Gasteiger partial charge in [0.2, 0.25) is 0 Å². The lowest BCUT2D eigenvalue weighted by Crippen LogP contribution is -2.29. The minimum Gasteiger partial charge on any atom is -0.445 e. The molecule has 0 aliphatic carbocycles. The molecule has 0 radical (unpaired) electrons. The first-order valence-electron chi connectivity index (χ1n) is 4.81. The number of amides is 1. The molecule has 1 atom stereocenters. The van der Waals surface area contributed by atoms with Crippen molar-refractivity contribution in [2.75, 3.05) is 6.54 Å². The number of benzene rings is 1. The highest BCUT2D eigenvalue weighted by Crippen LogP contribution is 2.00. The van der Waals surface area contributed by atoms with Crippen molar-refractivity contribution in [2.45, 2.75) is 18.8 Å². The Morgan fingerprint density at radius 1 is 1.47 bits per heavy atom.